The summed E-state index contributed by atoms with van der Waals surface area (Å²) in [5.41, 5.74) is 4.04. The highest BCUT2D eigenvalue weighted by atomic mass is 16.5. The number of nitrogens with zero attached hydrogens (tertiary/aromatic N) is 3. The molecule has 2 radical (unpaired) electrons. The van der Waals surface area contributed by atoms with Gasteiger partial charge in [0.15, 0.2) is 0 Å². The van der Waals surface area contributed by atoms with E-state index in [1.54, 1.807) is 12.4 Å². The van der Waals surface area contributed by atoms with Gasteiger partial charge in [-0.2, -0.15) is 5.26 Å². The third-order valence-corrected chi connectivity index (χ3v) is 4.22. The minimum atomic E-state index is -0.218. The Morgan fingerprint density at radius 2 is 2.17 bits per heavy atom. The fourth-order valence-corrected chi connectivity index (χ4v) is 3.14. The van der Waals surface area contributed by atoms with E-state index in [4.69, 9.17) is 12.6 Å². The molecule has 1 atom stereocenters. The Morgan fingerprint density at radius 3 is 2.96 bits per heavy atom. The van der Waals surface area contributed by atoms with Crippen molar-refractivity contribution in [2.75, 3.05) is 0 Å². The zero-order chi connectivity index (χ0) is 16.0. The van der Waals surface area contributed by atoms with Gasteiger partial charge in [0, 0.05) is 36.6 Å². The largest absolute Gasteiger partial charge is 0.463 e. The highest BCUT2D eigenvalue weighted by molar-refractivity contribution is 6.32. The van der Waals surface area contributed by atoms with Crippen LogP contribution in [0.15, 0.2) is 54.7 Å². The van der Waals surface area contributed by atoms with E-state index < -0.39 is 0 Å². The van der Waals surface area contributed by atoms with Gasteiger partial charge in [-0.3, -0.25) is 4.98 Å². The number of fused-ring (bicyclic) bond motifs is 3. The maximum absolute atomic E-state index is 9.48. The van der Waals surface area contributed by atoms with Gasteiger partial charge in [-0.25, -0.2) is 0 Å². The molecule has 3 aromatic rings. The molecule has 2 aromatic heterocycles. The number of rotatable bonds is 1. The van der Waals surface area contributed by atoms with Crippen molar-refractivity contribution in [3.8, 4) is 11.8 Å². The summed E-state index contributed by atoms with van der Waals surface area (Å²) >= 11 is 0. The molecule has 0 saturated carbocycles. The van der Waals surface area contributed by atoms with Crippen LogP contribution in [0.25, 0.3) is 10.9 Å². The van der Waals surface area contributed by atoms with Crippen LogP contribution in [0.5, 0.6) is 5.75 Å². The third kappa shape index (κ3) is 2.03. The summed E-state index contributed by atoms with van der Waals surface area (Å²) in [6.07, 6.45) is 6.87. The zero-order valence-electron chi connectivity index (χ0n) is 12.5. The minimum absolute atomic E-state index is 0.218. The molecule has 0 bridgehead atoms. The molecule has 3 heterocycles. The van der Waals surface area contributed by atoms with Gasteiger partial charge in [-0.1, -0.05) is 17.6 Å². The molecule has 0 amide bonds. The number of benzene rings is 1. The number of hydrogen-bond donors (Lipinski definition) is 0. The fourth-order valence-electron chi connectivity index (χ4n) is 3.14. The van der Waals surface area contributed by atoms with Crippen LogP contribution in [0.3, 0.4) is 0 Å². The number of aryl methyl sites for hydroxylation is 1. The molecule has 0 N–H and O–H groups in total. The van der Waals surface area contributed by atoms with Crippen molar-refractivity contribution >= 4 is 24.2 Å². The molecule has 0 spiro atoms. The summed E-state index contributed by atoms with van der Waals surface area (Å²) in [5.74, 6) is 0.568. The van der Waals surface area contributed by atoms with Crippen molar-refractivity contribution in [3.05, 3.63) is 65.8 Å². The zero-order valence-corrected chi connectivity index (χ0v) is 12.5. The highest BCUT2D eigenvalue weighted by Crippen LogP contribution is 2.43. The number of pyridine rings is 1. The standard InChI is InChI=1S/C18H12BN3O/c1-22-5-4-14-16(22)3-2-15-17(11-6-13(19)9-21-8-11)12(7-20)10-23-18(14)15/h2-6,8-10,17H,1H3. The first-order valence-electron chi connectivity index (χ1n) is 7.24. The summed E-state index contributed by atoms with van der Waals surface area (Å²) in [6.45, 7) is 0. The Balaban J connectivity index is 1.98. The van der Waals surface area contributed by atoms with E-state index in [9.17, 15) is 5.26 Å². The van der Waals surface area contributed by atoms with Crippen molar-refractivity contribution in [1.29, 1.82) is 5.26 Å². The summed E-state index contributed by atoms with van der Waals surface area (Å²) in [4.78, 5) is 4.16. The summed E-state index contributed by atoms with van der Waals surface area (Å²) in [5, 5.41) is 10.5. The number of hydrogen-bond acceptors (Lipinski definition) is 3. The van der Waals surface area contributed by atoms with E-state index in [1.807, 2.05) is 42.1 Å². The number of nitriles is 1. The minimum Gasteiger partial charge on any atom is -0.463 e. The summed E-state index contributed by atoms with van der Waals surface area (Å²) in [7, 11) is 7.86. The predicted molar refractivity (Wildman–Crippen MR) is 88.7 cm³/mol. The lowest BCUT2D eigenvalue weighted by Gasteiger charge is -2.24. The summed E-state index contributed by atoms with van der Waals surface area (Å²) in [6, 6.07) is 10.2. The van der Waals surface area contributed by atoms with Crippen LogP contribution in [0.1, 0.15) is 17.0 Å². The predicted octanol–water partition coefficient (Wildman–Crippen LogP) is 2.30. The topological polar surface area (TPSA) is 50.8 Å². The van der Waals surface area contributed by atoms with Crippen molar-refractivity contribution in [2.24, 2.45) is 7.05 Å². The van der Waals surface area contributed by atoms with E-state index in [0.717, 1.165) is 27.8 Å². The van der Waals surface area contributed by atoms with Crippen LogP contribution in [0, 0.1) is 11.3 Å². The first-order chi connectivity index (χ1) is 11.2. The van der Waals surface area contributed by atoms with Crippen LogP contribution >= 0.6 is 0 Å². The van der Waals surface area contributed by atoms with Gasteiger partial charge >= 0.3 is 0 Å². The van der Waals surface area contributed by atoms with E-state index in [2.05, 4.69) is 11.1 Å². The summed E-state index contributed by atoms with van der Waals surface area (Å²) < 4.78 is 7.83. The molecular weight excluding hydrogens is 285 g/mol. The third-order valence-electron chi connectivity index (χ3n) is 4.22. The molecule has 1 aliphatic rings. The Kier molecular flexibility index (Phi) is 2.98. The van der Waals surface area contributed by atoms with Crippen LogP contribution in [0.4, 0.5) is 0 Å². The molecule has 1 aliphatic heterocycles. The van der Waals surface area contributed by atoms with Crippen molar-refractivity contribution in [1.82, 2.24) is 9.55 Å². The van der Waals surface area contributed by atoms with Crippen LogP contribution in [-0.4, -0.2) is 17.4 Å². The van der Waals surface area contributed by atoms with Gasteiger partial charge in [0.05, 0.1) is 23.1 Å². The van der Waals surface area contributed by atoms with Gasteiger partial charge in [0.1, 0.15) is 19.9 Å². The van der Waals surface area contributed by atoms with Gasteiger partial charge in [0.2, 0.25) is 0 Å². The lowest BCUT2D eigenvalue weighted by atomic mass is 9.82. The lowest BCUT2D eigenvalue weighted by Crippen LogP contribution is -2.14. The lowest BCUT2D eigenvalue weighted by molar-refractivity contribution is 0.459. The smallest absolute Gasteiger partial charge is 0.140 e. The average Bonchev–Trinajstić information content (AvgIpc) is 2.95. The Morgan fingerprint density at radius 1 is 1.30 bits per heavy atom. The molecule has 1 aromatic carbocycles. The SMILES string of the molecule is [B]c1cncc(C2C(C#N)=COc3c2ccc2c3ccn2C)c1. The molecule has 0 aliphatic carbocycles. The Labute approximate surface area is 135 Å². The maximum Gasteiger partial charge on any atom is 0.140 e. The van der Waals surface area contributed by atoms with E-state index in [0.29, 0.717) is 11.0 Å². The Bertz CT molecular complexity index is 997. The van der Waals surface area contributed by atoms with Crippen molar-refractivity contribution < 1.29 is 4.74 Å². The van der Waals surface area contributed by atoms with Crippen LogP contribution in [-0.2, 0) is 7.05 Å². The second-order valence-corrected chi connectivity index (χ2v) is 5.63. The normalized spacial score (nSPS) is 16.3. The first-order valence-corrected chi connectivity index (χ1v) is 7.24. The van der Waals surface area contributed by atoms with Crippen LogP contribution < -0.4 is 10.2 Å². The van der Waals surface area contributed by atoms with E-state index >= 15 is 0 Å². The second-order valence-electron chi connectivity index (χ2n) is 5.63. The van der Waals surface area contributed by atoms with E-state index in [-0.39, 0.29) is 5.92 Å². The molecule has 108 valence electrons. The average molecular weight is 297 g/mol. The first kappa shape index (κ1) is 13.7. The molecule has 0 saturated heterocycles. The fraction of sp³-hybridized carbons (Fsp3) is 0.111. The maximum atomic E-state index is 9.48. The number of allylic oxidation sites excluding steroid dienone is 1. The molecule has 4 rings (SSSR count). The molecule has 5 heteroatoms. The van der Waals surface area contributed by atoms with Gasteiger partial charge in [-0.15, -0.1) is 0 Å². The van der Waals surface area contributed by atoms with Gasteiger partial charge in [0.25, 0.3) is 0 Å². The molecule has 23 heavy (non-hydrogen) atoms. The van der Waals surface area contributed by atoms with Gasteiger partial charge < -0.3 is 9.30 Å². The van der Waals surface area contributed by atoms with E-state index in [1.165, 1.54) is 6.26 Å². The second kappa shape index (κ2) is 5.03. The Hall–Kier alpha value is -3.00. The van der Waals surface area contributed by atoms with Crippen molar-refractivity contribution in [2.45, 2.75) is 5.92 Å². The van der Waals surface area contributed by atoms with Crippen molar-refractivity contribution in [3.63, 3.8) is 0 Å². The highest BCUT2D eigenvalue weighted by Gasteiger charge is 2.28. The molecular formula is C18H12BN3O. The van der Waals surface area contributed by atoms with Crippen LogP contribution in [0.2, 0.25) is 0 Å². The molecule has 1 unspecified atom stereocenters. The monoisotopic (exact) mass is 297 g/mol. The van der Waals surface area contributed by atoms with Gasteiger partial charge in [-0.05, 0) is 17.7 Å². The molecule has 4 nitrogen and oxygen atoms in total. The quantitative estimate of drug-likeness (QED) is 0.648. The number of ether oxygens (including phenoxy) is 1. The number of aromatic nitrogens is 2. The molecule has 0 fully saturated rings.